The molecule has 0 radical (unpaired) electrons. The average Bonchev–Trinajstić information content (AvgIpc) is 3.09. The van der Waals surface area contributed by atoms with Crippen LogP contribution in [0.3, 0.4) is 0 Å². The highest BCUT2D eigenvalue weighted by atomic mass is 79.9. The van der Waals surface area contributed by atoms with Crippen molar-refractivity contribution in [2.75, 3.05) is 13.1 Å². The molecule has 1 unspecified atom stereocenters. The summed E-state index contributed by atoms with van der Waals surface area (Å²) >= 11 is 4.95. The lowest BCUT2D eigenvalue weighted by Gasteiger charge is -2.32. The minimum atomic E-state index is 0.124. The Hall–Kier alpha value is -1.14. The SMILES string of the molecule is O=C(c1csc(Br)c1)N1CCCC(n2cccn2)C1. The van der Waals surface area contributed by atoms with Gasteiger partial charge in [0.25, 0.3) is 5.91 Å². The number of halogens is 1. The minimum absolute atomic E-state index is 0.124. The molecule has 100 valence electrons. The molecular formula is C13H14BrN3OS. The van der Waals surface area contributed by atoms with Crippen LogP contribution in [-0.2, 0) is 0 Å². The highest BCUT2D eigenvalue weighted by Gasteiger charge is 2.26. The van der Waals surface area contributed by atoms with Crippen LogP contribution in [0.25, 0.3) is 0 Å². The van der Waals surface area contributed by atoms with E-state index in [0.29, 0.717) is 6.04 Å². The second kappa shape index (κ2) is 5.46. The molecule has 3 rings (SSSR count). The smallest absolute Gasteiger partial charge is 0.254 e. The van der Waals surface area contributed by atoms with Crippen LogP contribution in [0.5, 0.6) is 0 Å². The molecule has 0 bridgehead atoms. The highest BCUT2D eigenvalue weighted by molar-refractivity contribution is 9.11. The van der Waals surface area contributed by atoms with E-state index in [4.69, 9.17) is 0 Å². The molecule has 4 nitrogen and oxygen atoms in total. The number of amides is 1. The highest BCUT2D eigenvalue weighted by Crippen LogP contribution is 2.25. The van der Waals surface area contributed by atoms with Gasteiger partial charge in [-0.2, -0.15) is 5.10 Å². The Bertz CT molecular complexity index is 566. The average molecular weight is 340 g/mol. The number of hydrogen-bond acceptors (Lipinski definition) is 3. The molecule has 0 spiro atoms. The molecule has 19 heavy (non-hydrogen) atoms. The third kappa shape index (κ3) is 2.74. The van der Waals surface area contributed by atoms with Gasteiger partial charge < -0.3 is 4.90 Å². The van der Waals surface area contributed by atoms with E-state index >= 15 is 0 Å². The van der Waals surface area contributed by atoms with E-state index in [1.54, 1.807) is 17.5 Å². The monoisotopic (exact) mass is 339 g/mol. The van der Waals surface area contributed by atoms with Crippen molar-refractivity contribution in [3.05, 3.63) is 39.3 Å². The van der Waals surface area contributed by atoms with Gasteiger partial charge in [-0.25, -0.2) is 0 Å². The summed E-state index contributed by atoms with van der Waals surface area (Å²) in [5, 5.41) is 6.19. The van der Waals surface area contributed by atoms with Crippen molar-refractivity contribution in [3.8, 4) is 0 Å². The molecular weight excluding hydrogens is 326 g/mol. The van der Waals surface area contributed by atoms with Gasteiger partial charge in [0.05, 0.1) is 15.4 Å². The molecule has 0 saturated carbocycles. The maximum Gasteiger partial charge on any atom is 0.254 e. The van der Waals surface area contributed by atoms with Gasteiger partial charge in [0.1, 0.15) is 0 Å². The first-order valence-electron chi connectivity index (χ1n) is 6.26. The number of aromatic nitrogens is 2. The van der Waals surface area contributed by atoms with Gasteiger partial charge in [-0.15, -0.1) is 11.3 Å². The van der Waals surface area contributed by atoms with Crippen molar-refractivity contribution < 1.29 is 4.79 Å². The van der Waals surface area contributed by atoms with Crippen molar-refractivity contribution in [2.24, 2.45) is 0 Å². The summed E-state index contributed by atoms with van der Waals surface area (Å²) in [7, 11) is 0. The lowest BCUT2D eigenvalue weighted by molar-refractivity contribution is 0.0673. The van der Waals surface area contributed by atoms with Crippen molar-refractivity contribution in [1.29, 1.82) is 0 Å². The Balaban J connectivity index is 1.73. The number of rotatable bonds is 2. The summed E-state index contributed by atoms with van der Waals surface area (Å²) < 4.78 is 2.96. The van der Waals surface area contributed by atoms with Crippen LogP contribution in [0, 0.1) is 0 Å². The molecule has 6 heteroatoms. The Morgan fingerprint density at radius 1 is 1.53 bits per heavy atom. The zero-order valence-corrected chi connectivity index (χ0v) is 12.7. The topological polar surface area (TPSA) is 38.1 Å². The van der Waals surface area contributed by atoms with Crippen molar-refractivity contribution in [1.82, 2.24) is 14.7 Å². The Morgan fingerprint density at radius 2 is 2.42 bits per heavy atom. The molecule has 1 atom stereocenters. The van der Waals surface area contributed by atoms with Crippen LogP contribution >= 0.6 is 27.3 Å². The molecule has 1 saturated heterocycles. The molecule has 1 amide bonds. The van der Waals surface area contributed by atoms with Crippen LogP contribution in [0.1, 0.15) is 29.2 Å². The zero-order chi connectivity index (χ0) is 13.2. The first-order chi connectivity index (χ1) is 9.24. The number of likely N-dealkylation sites (tertiary alicyclic amines) is 1. The van der Waals surface area contributed by atoms with E-state index in [2.05, 4.69) is 21.0 Å². The van der Waals surface area contributed by atoms with Gasteiger partial charge in [0.15, 0.2) is 0 Å². The van der Waals surface area contributed by atoms with E-state index in [0.717, 1.165) is 35.3 Å². The van der Waals surface area contributed by atoms with E-state index in [9.17, 15) is 4.79 Å². The predicted molar refractivity (Wildman–Crippen MR) is 78.4 cm³/mol. The van der Waals surface area contributed by atoms with Gasteiger partial charge in [0, 0.05) is 30.9 Å². The maximum absolute atomic E-state index is 12.4. The van der Waals surface area contributed by atoms with Gasteiger partial charge in [-0.05, 0) is 40.9 Å². The molecule has 0 aliphatic carbocycles. The first kappa shape index (κ1) is 12.9. The quantitative estimate of drug-likeness (QED) is 0.842. The normalized spacial score (nSPS) is 19.6. The zero-order valence-electron chi connectivity index (χ0n) is 10.3. The molecule has 1 fully saturated rings. The molecule has 0 N–H and O–H groups in total. The van der Waals surface area contributed by atoms with Crippen LogP contribution in [0.4, 0.5) is 0 Å². The fourth-order valence-corrected chi connectivity index (χ4v) is 3.59. The van der Waals surface area contributed by atoms with Crippen LogP contribution in [0.15, 0.2) is 33.7 Å². The second-order valence-electron chi connectivity index (χ2n) is 4.67. The van der Waals surface area contributed by atoms with Crippen molar-refractivity contribution in [3.63, 3.8) is 0 Å². The third-order valence-electron chi connectivity index (χ3n) is 3.40. The Labute approximate surface area is 124 Å². The minimum Gasteiger partial charge on any atom is -0.336 e. The summed E-state index contributed by atoms with van der Waals surface area (Å²) in [4.78, 5) is 14.3. The summed E-state index contributed by atoms with van der Waals surface area (Å²) in [5.41, 5.74) is 0.776. The number of hydrogen-bond donors (Lipinski definition) is 0. The summed E-state index contributed by atoms with van der Waals surface area (Å²) in [6, 6.07) is 4.12. The lowest BCUT2D eigenvalue weighted by atomic mass is 10.1. The third-order valence-corrected chi connectivity index (χ3v) is 4.90. The van der Waals surface area contributed by atoms with Gasteiger partial charge in [-0.3, -0.25) is 9.48 Å². The molecule has 1 aliphatic rings. The van der Waals surface area contributed by atoms with Gasteiger partial charge >= 0.3 is 0 Å². The molecule has 3 heterocycles. The van der Waals surface area contributed by atoms with Crippen molar-refractivity contribution in [2.45, 2.75) is 18.9 Å². The van der Waals surface area contributed by atoms with E-state index in [1.807, 2.05) is 33.3 Å². The Kier molecular flexibility index (Phi) is 3.70. The molecule has 1 aliphatic heterocycles. The number of nitrogens with zero attached hydrogens (tertiary/aromatic N) is 3. The standard InChI is InChI=1S/C13H14BrN3OS/c14-12-7-10(9-19-12)13(18)16-5-1-3-11(8-16)17-6-2-4-15-17/h2,4,6-7,9,11H,1,3,5,8H2. The first-order valence-corrected chi connectivity index (χ1v) is 7.94. The number of piperidine rings is 1. The number of carbonyl (C=O) groups excluding carboxylic acids is 1. The number of carbonyl (C=O) groups is 1. The maximum atomic E-state index is 12.4. The summed E-state index contributed by atoms with van der Waals surface area (Å²) in [6.45, 7) is 1.58. The van der Waals surface area contributed by atoms with Crippen molar-refractivity contribution >= 4 is 33.2 Å². The molecule has 2 aromatic heterocycles. The Morgan fingerprint density at radius 3 is 3.11 bits per heavy atom. The van der Waals surface area contributed by atoms with E-state index in [-0.39, 0.29) is 5.91 Å². The van der Waals surface area contributed by atoms with Crippen LogP contribution < -0.4 is 0 Å². The summed E-state index contributed by atoms with van der Waals surface area (Å²) in [6.07, 6.45) is 5.87. The van der Waals surface area contributed by atoms with Gasteiger partial charge in [0.2, 0.25) is 0 Å². The lowest BCUT2D eigenvalue weighted by Crippen LogP contribution is -2.40. The van der Waals surface area contributed by atoms with E-state index < -0.39 is 0 Å². The van der Waals surface area contributed by atoms with Gasteiger partial charge in [-0.1, -0.05) is 0 Å². The van der Waals surface area contributed by atoms with E-state index in [1.165, 1.54) is 0 Å². The van der Waals surface area contributed by atoms with Crippen LogP contribution in [-0.4, -0.2) is 33.7 Å². The number of thiophene rings is 1. The largest absolute Gasteiger partial charge is 0.336 e. The predicted octanol–water partition coefficient (Wildman–Crippen LogP) is 3.18. The fourth-order valence-electron chi connectivity index (χ4n) is 2.46. The molecule has 0 aromatic carbocycles. The molecule has 2 aromatic rings. The van der Waals surface area contributed by atoms with Crippen LogP contribution in [0.2, 0.25) is 0 Å². The summed E-state index contributed by atoms with van der Waals surface area (Å²) in [5.74, 6) is 0.124. The second-order valence-corrected chi connectivity index (χ2v) is 6.96. The fraction of sp³-hybridized carbons (Fsp3) is 0.385.